The molecule has 3 aliphatic carbocycles. The van der Waals surface area contributed by atoms with Gasteiger partial charge in [-0.3, -0.25) is 14.5 Å². The van der Waals surface area contributed by atoms with Gasteiger partial charge in [-0.05, 0) is 88.8 Å². The molecule has 1 heterocycles. The fourth-order valence-electron chi connectivity index (χ4n) is 4.30. The first-order chi connectivity index (χ1) is 17.2. The Morgan fingerprint density at radius 1 is 0.806 bits per heavy atom. The number of anilines is 1. The number of aromatic nitrogens is 2. The minimum atomic E-state index is -0.850. The molecule has 3 aliphatic rings. The summed E-state index contributed by atoms with van der Waals surface area (Å²) in [5.41, 5.74) is 0.479. The molecule has 2 amide bonds. The van der Waals surface area contributed by atoms with E-state index in [1.54, 1.807) is 42.7 Å². The summed E-state index contributed by atoms with van der Waals surface area (Å²) in [5.74, 6) is 0.424. The van der Waals surface area contributed by atoms with Gasteiger partial charge < -0.3 is 5.32 Å². The number of nitrogens with one attached hydrogen (secondary N) is 1. The molecule has 1 aromatic heterocycles. The van der Waals surface area contributed by atoms with E-state index >= 15 is 0 Å². The number of carbonyl (C=O) groups is 2. The van der Waals surface area contributed by atoms with Gasteiger partial charge in [0.2, 0.25) is 11.9 Å². The molecule has 6 nitrogen and oxygen atoms in total. The molecule has 0 spiro atoms. The average Bonchev–Trinajstić information content (AvgIpc) is 3.66. The van der Waals surface area contributed by atoms with Gasteiger partial charge in [0.1, 0.15) is 6.04 Å². The maximum Gasteiger partial charge on any atom is 2.00 e. The first-order valence-corrected chi connectivity index (χ1v) is 12.1. The van der Waals surface area contributed by atoms with E-state index in [0.29, 0.717) is 5.56 Å². The third-order valence-corrected chi connectivity index (χ3v) is 6.03. The normalized spacial score (nSPS) is 18.9. The molecule has 0 saturated heterocycles. The second kappa shape index (κ2) is 15.1. The van der Waals surface area contributed by atoms with E-state index in [0.717, 1.165) is 31.6 Å². The van der Waals surface area contributed by atoms with Crippen LogP contribution in [0.3, 0.4) is 0 Å². The quantitative estimate of drug-likeness (QED) is 0.572. The molecule has 10 radical (unpaired) electrons. The topological polar surface area (TPSA) is 75.2 Å². The third kappa shape index (κ3) is 7.88. The van der Waals surface area contributed by atoms with Gasteiger partial charge in [0.05, 0.1) is 0 Å². The minimum absolute atomic E-state index is 0. The zero-order valence-electron chi connectivity index (χ0n) is 20.0. The second-order valence-corrected chi connectivity index (χ2v) is 8.52. The van der Waals surface area contributed by atoms with E-state index in [-0.39, 0.29) is 40.9 Å². The van der Waals surface area contributed by atoms with Gasteiger partial charge in [0.25, 0.3) is 5.91 Å². The Kier molecular flexibility index (Phi) is 11.9. The van der Waals surface area contributed by atoms with Crippen LogP contribution < -0.4 is 10.2 Å². The summed E-state index contributed by atoms with van der Waals surface area (Å²) in [4.78, 5) is 37.0. The molecule has 1 unspecified atom stereocenters. The molecular weight excluding hydrogens is 492 g/mol. The van der Waals surface area contributed by atoms with Gasteiger partial charge in [-0.1, -0.05) is 37.5 Å². The minimum Gasteiger partial charge on any atom is -0.352 e. The molecule has 0 bridgehead atoms. The molecule has 1 N–H and O–H groups in total. The van der Waals surface area contributed by atoms with Crippen LogP contribution in [-0.4, -0.2) is 33.9 Å². The summed E-state index contributed by atoms with van der Waals surface area (Å²) in [6.07, 6.45) is 26.0. The summed E-state index contributed by atoms with van der Waals surface area (Å²) >= 11 is 0. The fraction of sp³-hybridized carbons (Fsp3) is 0.241. The van der Waals surface area contributed by atoms with Gasteiger partial charge in [-0.25, -0.2) is 9.97 Å². The summed E-state index contributed by atoms with van der Waals surface area (Å²) in [6, 6.07) is 9.90. The Morgan fingerprint density at radius 3 is 1.97 bits per heavy atom. The van der Waals surface area contributed by atoms with Crippen molar-refractivity contribution in [2.75, 3.05) is 4.90 Å². The standard InChI is InChI=1S/C24H25N4O2.C5H5.Fe/c29-22(27-20-14-5-2-6-15-20)21(18-10-7-8-11-18)28(24-25-16-9-17-26-24)23(30)19-12-3-1-4-13-19;1-2-4-5-3-1;/h1,3-4,7-13,16-17,20-21H,2,5-6,14-15H2,(H,27,29);1-5H;/q;;+2. The van der Waals surface area contributed by atoms with Crippen molar-refractivity contribution in [1.82, 2.24) is 15.3 Å². The third-order valence-electron chi connectivity index (χ3n) is 6.03. The van der Waals surface area contributed by atoms with E-state index in [2.05, 4.69) is 15.3 Å². The predicted octanol–water partition coefficient (Wildman–Crippen LogP) is 4.37. The van der Waals surface area contributed by atoms with Crippen LogP contribution in [0.5, 0.6) is 0 Å². The Balaban J connectivity index is 0.000000538. The van der Waals surface area contributed by atoms with E-state index in [1.807, 2.05) is 63.9 Å². The number of hydrogen-bond donors (Lipinski definition) is 1. The maximum absolute atomic E-state index is 13.5. The number of hydrogen-bond acceptors (Lipinski definition) is 4. The van der Waals surface area contributed by atoms with Gasteiger partial charge >= 0.3 is 17.1 Å². The van der Waals surface area contributed by atoms with E-state index < -0.39 is 6.04 Å². The summed E-state index contributed by atoms with van der Waals surface area (Å²) in [7, 11) is 0. The van der Waals surface area contributed by atoms with Crippen molar-refractivity contribution >= 4 is 17.8 Å². The zero-order chi connectivity index (χ0) is 24.3. The molecule has 5 rings (SSSR count). The Hall–Kier alpha value is -2.24. The largest absolute Gasteiger partial charge is 2.00 e. The van der Waals surface area contributed by atoms with Crippen LogP contribution >= 0.6 is 0 Å². The number of rotatable bonds is 6. The molecule has 2 aromatic rings. The van der Waals surface area contributed by atoms with Crippen molar-refractivity contribution in [3.63, 3.8) is 0 Å². The molecule has 184 valence electrons. The monoisotopic (exact) mass is 522 g/mol. The number of carbonyl (C=O) groups excluding carboxylic acids is 2. The van der Waals surface area contributed by atoms with Crippen molar-refractivity contribution in [3.8, 4) is 0 Å². The molecule has 1 aromatic carbocycles. The number of nitrogens with zero attached hydrogens (tertiary/aromatic N) is 3. The Morgan fingerprint density at radius 2 is 1.39 bits per heavy atom. The summed E-state index contributed by atoms with van der Waals surface area (Å²) in [6.45, 7) is 0. The predicted molar refractivity (Wildman–Crippen MR) is 136 cm³/mol. The van der Waals surface area contributed by atoms with Crippen molar-refractivity contribution < 1.29 is 26.7 Å². The second-order valence-electron chi connectivity index (χ2n) is 8.52. The SMILES string of the molecule is O=C(NC1CCCCC1)C([C]1[CH][CH][CH][CH]1)N(C(=O)c1ccccc1)c1ncccn1.[CH]1[CH][CH][CH][CH]1.[Fe+2]. The van der Waals surface area contributed by atoms with Crippen LogP contribution in [0.4, 0.5) is 5.95 Å². The first kappa shape index (κ1) is 28.3. The summed E-state index contributed by atoms with van der Waals surface area (Å²) < 4.78 is 0. The number of benzene rings is 1. The summed E-state index contributed by atoms with van der Waals surface area (Å²) in [5, 5.41) is 3.18. The van der Waals surface area contributed by atoms with Gasteiger partial charge in [-0.15, -0.1) is 0 Å². The van der Waals surface area contributed by atoms with Crippen molar-refractivity contribution in [3.05, 3.63) is 118 Å². The average molecular weight is 522 g/mol. The Labute approximate surface area is 226 Å². The van der Waals surface area contributed by atoms with Gasteiger partial charge in [0.15, 0.2) is 0 Å². The molecule has 1 atom stereocenters. The molecule has 3 saturated carbocycles. The van der Waals surface area contributed by atoms with Crippen LogP contribution in [0.25, 0.3) is 0 Å². The van der Waals surface area contributed by atoms with Crippen LogP contribution in [0.2, 0.25) is 0 Å². The first-order valence-electron chi connectivity index (χ1n) is 12.1. The van der Waals surface area contributed by atoms with Crippen molar-refractivity contribution in [2.24, 2.45) is 0 Å². The van der Waals surface area contributed by atoms with Crippen molar-refractivity contribution in [1.29, 1.82) is 0 Å². The number of amides is 2. The zero-order valence-corrected chi connectivity index (χ0v) is 21.1. The van der Waals surface area contributed by atoms with Crippen LogP contribution in [0.1, 0.15) is 42.5 Å². The maximum atomic E-state index is 13.5. The molecule has 36 heavy (non-hydrogen) atoms. The van der Waals surface area contributed by atoms with Gasteiger partial charge in [-0.2, -0.15) is 0 Å². The van der Waals surface area contributed by atoms with Crippen LogP contribution in [0, 0.1) is 63.7 Å². The molecule has 7 heteroatoms. The van der Waals surface area contributed by atoms with E-state index in [4.69, 9.17) is 0 Å². The van der Waals surface area contributed by atoms with Crippen LogP contribution in [-0.2, 0) is 21.9 Å². The van der Waals surface area contributed by atoms with Crippen LogP contribution in [0.15, 0.2) is 48.8 Å². The molecular formula is C29H30FeN4O2+2. The fourth-order valence-corrected chi connectivity index (χ4v) is 4.30. The molecule has 0 aliphatic heterocycles. The van der Waals surface area contributed by atoms with Gasteiger partial charge in [0, 0.05) is 29.9 Å². The van der Waals surface area contributed by atoms with E-state index in [9.17, 15) is 9.59 Å². The van der Waals surface area contributed by atoms with Crippen molar-refractivity contribution in [2.45, 2.75) is 44.2 Å². The molecule has 3 fully saturated rings. The smallest absolute Gasteiger partial charge is 0.352 e. The van der Waals surface area contributed by atoms with E-state index in [1.165, 1.54) is 11.3 Å². The Bertz CT molecular complexity index is 904.